The number of aromatic hydroxyl groups is 1. The average molecular weight is 479 g/mol. The van der Waals surface area contributed by atoms with Crippen LogP contribution in [-0.4, -0.2) is 68.5 Å². The third-order valence-corrected chi connectivity index (χ3v) is 7.55. The van der Waals surface area contributed by atoms with Gasteiger partial charge in [-0.15, -0.1) is 0 Å². The summed E-state index contributed by atoms with van der Waals surface area (Å²) in [5, 5.41) is 45.7. The molecular weight excluding hydrogens is 454 g/mol. The topological polar surface area (TPSA) is 187 Å². The van der Waals surface area contributed by atoms with Crippen LogP contribution >= 0.6 is 0 Å². The number of nitrogen functional groups attached to an aromatic ring is 1. The first kappa shape index (κ1) is 22.9. The lowest BCUT2D eigenvalue weighted by Crippen LogP contribution is -2.65. The summed E-state index contributed by atoms with van der Waals surface area (Å²) in [5.74, 6) is -6.69. The number of hydrogen-bond acceptors (Lipinski definition) is 9. The molecule has 1 fully saturated rings. The second-order valence-corrected chi connectivity index (χ2v) is 9.70. The van der Waals surface area contributed by atoms with Crippen molar-refractivity contribution in [1.82, 2.24) is 4.90 Å². The van der Waals surface area contributed by atoms with Crippen molar-refractivity contribution in [2.45, 2.75) is 24.5 Å². The van der Waals surface area contributed by atoms with Crippen LogP contribution in [0.4, 0.5) is 5.69 Å². The number of hydrogen-bond donors (Lipinski definition) is 6. The van der Waals surface area contributed by atoms with Gasteiger partial charge in [0.2, 0.25) is 5.78 Å². The Labute approximate surface area is 199 Å². The van der Waals surface area contributed by atoms with Gasteiger partial charge in [-0.05, 0) is 55.9 Å². The minimum absolute atomic E-state index is 0.0411. The summed E-state index contributed by atoms with van der Waals surface area (Å²) < 4.78 is 0. The number of phenols is 1. The molecule has 5 rings (SSSR count). The molecule has 8 N–H and O–H groups in total. The number of carbonyl (C=O) groups excluding carboxylic acids is 3. The Kier molecular flexibility index (Phi) is 4.77. The second kappa shape index (κ2) is 7.30. The number of likely N-dealkylation sites (N-methyl/N-ethyl adjacent to an activating group) is 1. The molecule has 1 amide bonds. The van der Waals surface area contributed by atoms with Gasteiger partial charge in [0.15, 0.2) is 11.4 Å². The molecule has 0 heterocycles. The zero-order valence-electron chi connectivity index (χ0n) is 19.1. The highest BCUT2D eigenvalue weighted by atomic mass is 16.3. The van der Waals surface area contributed by atoms with E-state index in [2.05, 4.69) is 0 Å². The van der Waals surface area contributed by atoms with Crippen LogP contribution < -0.4 is 11.5 Å². The van der Waals surface area contributed by atoms with Crippen molar-refractivity contribution >= 4 is 39.7 Å². The Morgan fingerprint density at radius 2 is 1.83 bits per heavy atom. The van der Waals surface area contributed by atoms with Crippen molar-refractivity contribution in [2.75, 3.05) is 19.8 Å². The molecular formula is C25H25N3O7. The minimum atomic E-state index is -2.65. The summed E-state index contributed by atoms with van der Waals surface area (Å²) in [6.45, 7) is 0. The van der Waals surface area contributed by atoms with E-state index in [1.807, 2.05) is 0 Å². The molecule has 0 bridgehead atoms. The molecule has 0 radical (unpaired) electrons. The SMILES string of the molecule is CN(C)[C@@H]1C(=O)C(C(N)=O)=C(O)[C@@]2(O)C(=O)C3=C(O)c4c(cc5ccc(N)cc5c4O)C[C@H]3C[C@@H]12. The molecule has 0 saturated heterocycles. The number of ketones is 2. The van der Waals surface area contributed by atoms with Crippen LogP contribution in [0.25, 0.3) is 16.5 Å². The number of carbonyl (C=O) groups is 3. The normalized spacial score (nSPS) is 28.3. The Balaban J connectivity index is 1.76. The predicted molar refractivity (Wildman–Crippen MR) is 126 cm³/mol. The fourth-order valence-corrected chi connectivity index (χ4v) is 6.03. The number of nitrogens with two attached hydrogens (primary N) is 2. The zero-order chi connectivity index (χ0) is 25.6. The van der Waals surface area contributed by atoms with Gasteiger partial charge in [-0.1, -0.05) is 12.1 Å². The van der Waals surface area contributed by atoms with Gasteiger partial charge in [0.25, 0.3) is 5.91 Å². The molecule has 3 aliphatic rings. The molecule has 10 nitrogen and oxygen atoms in total. The summed E-state index contributed by atoms with van der Waals surface area (Å²) in [5.41, 5.74) is 8.52. The summed E-state index contributed by atoms with van der Waals surface area (Å²) in [7, 11) is 3.12. The zero-order valence-corrected chi connectivity index (χ0v) is 19.1. The standard InChI is InChI=1S/C25H25N3O7/c1-28(2)18-14-7-11-6-10-5-9-3-4-12(26)8-13(9)19(29)15(10)20(30)16(11)22(32)25(14,35)23(33)17(21(18)31)24(27)34/h3-5,8,11,14,18,29-30,33,35H,6-7,26H2,1-2H3,(H2,27,34)/t11-,14-,18-,25-/m0/s1. The molecule has 0 aromatic heterocycles. The van der Waals surface area contributed by atoms with E-state index in [0.717, 1.165) is 0 Å². The number of aliphatic hydroxyl groups excluding tert-OH is 2. The summed E-state index contributed by atoms with van der Waals surface area (Å²) in [6, 6.07) is 5.65. The number of rotatable bonds is 2. The van der Waals surface area contributed by atoms with Crippen molar-refractivity contribution < 1.29 is 34.8 Å². The summed E-state index contributed by atoms with van der Waals surface area (Å²) in [4.78, 5) is 40.3. The Hall–Kier alpha value is -3.89. The van der Waals surface area contributed by atoms with E-state index in [-0.39, 0.29) is 29.7 Å². The molecule has 1 saturated carbocycles. The van der Waals surface area contributed by atoms with Gasteiger partial charge in [0, 0.05) is 22.6 Å². The van der Waals surface area contributed by atoms with E-state index < -0.39 is 58.0 Å². The number of nitrogens with zero attached hydrogens (tertiary/aromatic N) is 1. The predicted octanol–water partition coefficient (Wildman–Crippen LogP) is 0.699. The van der Waals surface area contributed by atoms with Gasteiger partial charge in [-0.25, -0.2) is 0 Å². The van der Waals surface area contributed by atoms with Crippen molar-refractivity contribution in [1.29, 1.82) is 0 Å². The number of Topliss-reactive ketones (excluding diaryl/α,β-unsaturated/α-hetero) is 2. The smallest absolute Gasteiger partial charge is 0.255 e. The fraction of sp³-hybridized carbons (Fsp3) is 0.320. The monoisotopic (exact) mass is 479 g/mol. The van der Waals surface area contributed by atoms with E-state index in [1.54, 1.807) is 38.4 Å². The average Bonchev–Trinajstić information content (AvgIpc) is 2.76. The summed E-state index contributed by atoms with van der Waals surface area (Å²) in [6.07, 6.45) is 0.286. The highest BCUT2D eigenvalue weighted by Crippen LogP contribution is 2.53. The molecule has 182 valence electrons. The second-order valence-electron chi connectivity index (χ2n) is 9.70. The van der Waals surface area contributed by atoms with Gasteiger partial charge in [-0.3, -0.25) is 19.3 Å². The van der Waals surface area contributed by atoms with Crippen molar-refractivity contribution in [3.63, 3.8) is 0 Å². The van der Waals surface area contributed by atoms with Gasteiger partial charge in [0.05, 0.1) is 11.6 Å². The first-order valence-electron chi connectivity index (χ1n) is 11.1. The fourth-order valence-electron chi connectivity index (χ4n) is 6.03. The van der Waals surface area contributed by atoms with Gasteiger partial charge in [-0.2, -0.15) is 0 Å². The van der Waals surface area contributed by atoms with Crippen molar-refractivity contribution in [3.8, 4) is 5.75 Å². The molecule has 0 spiro atoms. The number of amides is 1. The molecule has 0 unspecified atom stereocenters. The van der Waals surface area contributed by atoms with E-state index in [1.165, 1.54) is 4.90 Å². The van der Waals surface area contributed by atoms with Crippen LogP contribution in [0.5, 0.6) is 5.75 Å². The number of primary amides is 1. The van der Waals surface area contributed by atoms with Gasteiger partial charge >= 0.3 is 0 Å². The van der Waals surface area contributed by atoms with Crippen LogP contribution in [0, 0.1) is 11.8 Å². The molecule has 2 aromatic carbocycles. The van der Waals surface area contributed by atoms with Crippen LogP contribution in [0.15, 0.2) is 41.2 Å². The lowest BCUT2D eigenvalue weighted by Gasteiger charge is -2.50. The van der Waals surface area contributed by atoms with Crippen LogP contribution in [0.1, 0.15) is 17.5 Å². The number of aliphatic hydroxyl groups is 3. The highest BCUT2D eigenvalue weighted by molar-refractivity contribution is 6.24. The van der Waals surface area contributed by atoms with E-state index in [9.17, 15) is 34.8 Å². The summed E-state index contributed by atoms with van der Waals surface area (Å²) >= 11 is 0. The molecule has 35 heavy (non-hydrogen) atoms. The highest BCUT2D eigenvalue weighted by Gasteiger charge is 2.64. The van der Waals surface area contributed by atoms with Gasteiger partial charge < -0.3 is 31.9 Å². The van der Waals surface area contributed by atoms with Crippen LogP contribution in [0.2, 0.25) is 0 Å². The Morgan fingerprint density at radius 1 is 1.14 bits per heavy atom. The number of benzene rings is 2. The molecule has 3 aliphatic carbocycles. The maximum absolute atomic E-state index is 13.8. The molecule has 4 atom stereocenters. The maximum atomic E-state index is 13.8. The lowest BCUT2D eigenvalue weighted by molar-refractivity contribution is -0.153. The third kappa shape index (κ3) is 2.87. The first-order chi connectivity index (χ1) is 16.4. The van der Waals surface area contributed by atoms with Crippen LogP contribution in [0.3, 0.4) is 0 Å². The minimum Gasteiger partial charge on any atom is -0.508 e. The lowest BCUT2D eigenvalue weighted by atomic mass is 9.57. The number of anilines is 1. The van der Waals surface area contributed by atoms with E-state index >= 15 is 0 Å². The Bertz CT molecular complexity index is 1420. The molecule has 2 aromatic rings. The quantitative estimate of drug-likeness (QED) is 0.266. The van der Waals surface area contributed by atoms with Crippen LogP contribution in [-0.2, 0) is 20.8 Å². The van der Waals surface area contributed by atoms with Crippen molar-refractivity contribution in [3.05, 3.63) is 52.3 Å². The number of fused-ring (bicyclic) bond motifs is 4. The van der Waals surface area contributed by atoms with E-state index in [0.29, 0.717) is 22.0 Å². The third-order valence-electron chi connectivity index (χ3n) is 7.55. The number of phenolic OH excluding ortho intramolecular Hbond substituents is 1. The largest absolute Gasteiger partial charge is 0.508 e. The van der Waals surface area contributed by atoms with Gasteiger partial charge in [0.1, 0.15) is 22.8 Å². The van der Waals surface area contributed by atoms with E-state index in [4.69, 9.17) is 11.5 Å². The Morgan fingerprint density at radius 3 is 2.46 bits per heavy atom. The molecule has 0 aliphatic heterocycles. The van der Waals surface area contributed by atoms with Crippen molar-refractivity contribution in [2.24, 2.45) is 17.6 Å². The first-order valence-corrected chi connectivity index (χ1v) is 11.1. The molecule has 10 heteroatoms. The maximum Gasteiger partial charge on any atom is 0.255 e.